The van der Waals surface area contributed by atoms with Crippen molar-refractivity contribution < 1.29 is 14.4 Å². The van der Waals surface area contributed by atoms with Crippen LogP contribution in [0.25, 0.3) is 0 Å². The Morgan fingerprint density at radius 3 is 2.35 bits per heavy atom. The number of hydrogen-bond acceptors (Lipinski definition) is 5. The molecule has 1 aliphatic carbocycles. The topological polar surface area (TPSA) is 105 Å². The summed E-state index contributed by atoms with van der Waals surface area (Å²) in [7, 11) is 1.90. The minimum absolute atomic E-state index is 0.198. The highest BCUT2D eigenvalue weighted by Crippen LogP contribution is 2.28. The molecule has 4 atom stereocenters. The van der Waals surface area contributed by atoms with Crippen molar-refractivity contribution in [3.63, 3.8) is 0 Å². The van der Waals surface area contributed by atoms with Gasteiger partial charge in [-0.1, -0.05) is 20.3 Å². The first kappa shape index (κ1) is 17.9. The Morgan fingerprint density at radius 1 is 1.26 bits per heavy atom. The van der Waals surface area contributed by atoms with Gasteiger partial charge in [0.05, 0.1) is 6.04 Å². The molecule has 1 saturated carbocycles. The van der Waals surface area contributed by atoms with Crippen LogP contribution in [0.4, 0.5) is 0 Å². The number of primary amides is 1. The van der Waals surface area contributed by atoms with Gasteiger partial charge in [0, 0.05) is 19.1 Å². The fraction of sp³-hybridized carbons (Fsp3) is 0.812. The van der Waals surface area contributed by atoms with E-state index >= 15 is 0 Å². The molecule has 0 aromatic heterocycles. The van der Waals surface area contributed by atoms with Crippen LogP contribution in [0.15, 0.2) is 0 Å². The van der Waals surface area contributed by atoms with Gasteiger partial charge in [0.15, 0.2) is 0 Å². The van der Waals surface area contributed by atoms with Crippen molar-refractivity contribution in [3.05, 3.63) is 0 Å². The summed E-state index contributed by atoms with van der Waals surface area (Å²) in [6, 6.07) is -0.808. The number of rotatable bonds is 7. The van der Waals surface area contributed by atoms with Gasteiger partial charge in [-0.3, -0.25) is 19.3 Å². The third-order valence-electron chi connectivity index (χ3n) is 5.31. The number of nitrogens with zero attached hydrogens (tertiary/aromatic N) is 1. The number of nitrogens with one attached hydrogen (secondary N) is 2. The van der Waals surface area contributed by atoms with Crippen molar-refractivity contribution in [1.82, 2.24) is 15.5 Å². The summed E-state index contributed by atoms with van der Waals surface area (Å²) in [5.74, 6) is -1.35. The number of likely N-dealkylation sites (tertiary alicyclic amines) is 1. The van der Waals surface area contributed by atoms with Crippen LogP contribution in [0, 0.1) is 11.8 Å². The lowest BCUT2D eigenvalue weighted by Gasteiger charge is -2.30. The van der Waals surface area contributed by atoms with Gasteiger partial charge in [-0.05, 0) is 31.7 Å². The van der Waals surface area contributed by atoms with Gasteiger partial charge in [-0.25, -0.2) is 0 Å². The number of carbonyl (C=O) groups excluding carboxylic acids is 3. The summed E-state index contributed by atoms with van der Waals surface area (Å²) >= 11 is 0. The van der Waals surface area contributed by atoms with E-state index in [1.165, 1.54) is 6.42 Å². The molecule has 2 amide bonds. The molecule has 2 fully saturated rings. The van der Waals surface area contributed by atoms with Crippen LogP contribution >= 0.6 is 0 Å². The van der Waals surface area contributed by atoms with E-state index in [0.717, 1.165) is 19.4 Å². The maximum Gasteiger partial charge on any atom is 0.287 e. The largest absolute Gasteiger partial charge is 0.363 e. The summed E-state index contributed by atoms with van der Waals surface area (Å²) in [6.45, 7) is 5.24. The molecule has 1 aliphatic heterocycles. The van der Waals surface area contributed by atoms with Crippen molar-refractivity contribution in [1.29, 1.82) is 0 Å². The lowest BCUT2D eigenvalue weighted by atomic mass is 9.92. The van der Waals surface area contributed by atoms with Crippen molar-refractivity contribution >= 4 is 17.6 Å². The second kappa shape index (κ2) is 7.40. The molecule has 7 heteroatoms. The molecule has 0 spiro atoms. The predicted octanol–water partition coefficient (Wildman–Crippen LogP) is -0.746. The SMILES string of the molecule is CC1[C@@H](C(=O)NC(CNC2CCC2)C(=O)C(N)=O)N(C)C[C@@H]1C. The van der Waals surface area contributed by atoms with E-state index in [4.69, 9.17) is 5.73 Å². The van der Waals surface area contributed by atoms with E-state index in [0.29, 0.717) is 12.0 Å². The molecule has 4 N–H and O–H groups in total. The van der Waals surface area contributed by atoms with Crippen molar-refractivity contribution in [3.8, 4) is 0 Å². The third-order valence-corrected chi connectivity index (χ3v) is 5.31. The monoisotopic (exact) mass is 324 g/mol. The molecular formula is C16H28N4O3. The Hall–Kier alpha value is -1.47. The number of hydrogen-bond donors (Lipinski definition) is 3. The zero-order chi connectivity index (χ0) is 17.1. The highest BCUT2D eigenvalue weighted by molar-refractivity contribution is 6.38. The summed E-state index contributed by atoms with van der Waals surface area (Å²) in [4.78, 5) is 37.8. The Labute approximate surface area is 137 Å². The lowest BCUT2D eigenvalue weighted by molar-refractivity contribution is -0.139. The first-order chi connectivity index (χ1) is 10.8. The van der Waals surface area contributed by atoms with Gasteiger partial charge in [-0.15, -0.1) is 0 Å². The van der Waals surface area contributed by atoms with Gasteiger partial charge in [-0.2, -0.15) is 0 Å². The molecule has 0 bridgehead atoms. The van der Waals surface area contributed by atoms with Gasteiger partial charge >= 0.3 is 0 Å². The van der Waals surface area contributed by atoms with Gasteiger partial charge in [0.2, 0.25) is 11.7 Å². The molecule has 2 rings (SSSR count). The normalized spacial score (nSPS) is 29.8. The fourth-order valence-electron chi connectivity index (χ4n) is 3.42. The van der Waals surface area contributed by atoms with E-state index in [9.17, 15) is 14.4 Å². The summed E-state index contributed by atoms with van der Waals surface area (Å²) < 4.78 is 0. The summed E-state index contributed by atoms with van der Waals surface area (Å²) in [5.41, 5.74) is 5.12. The van der Waals surface area contributed by atoms with E-state index < -0.39 is 17.7 Å². The van der Waals surface area contributed by atoms with E-state index in [2.05, 4.69) is 17.6 Å². The molecule has 7 nitrogen and oxygen atoms in total. The molecule has 130 valence electrons. The molecule has 1 heterocycles. The highest BCUT2D eigenvalue weighted by atomic mass is 16.2. The van der Waals surface area contributed by atoms with E-state index in [1.807, 2.05) is 18.9 Å². The van der Waals surface area contributed by atoms with Crippen LogP contribution in [-0.2, 0) is 14.4 Å². The molecule has 2 unspecified atom stereocenters. The van der Waals surface area contributed by atoms with Crippen LogP contribution in [0.3, 0.4) is 0 Å². The fourth-order valence-corrected chi connectivity index (χ4v) is 3.42. The van der Waals surface area contributed by atoms with E-state index in [-0.39, 0.29) is 24.4 Å². The van der Waals surface area contributed by atoms with E-state index in [1.54, 1.807) is 0 Å². The van der Waals surface area contributed by atoms with Gasteiger partial charge < -0.3 is 16.4 Å². The first-order valence-corrected chi connectivity index (χ1v) is 8.39. The molecule has 0 radical (unpaired) electrons. The van der Waals surface area contributed by atoms with Crippen molar-refractivity contribution in [2.75, 3.05) is 20.1 Å². The van der Waals surface area contributed by atoms with Crippen LogP contribution < -0.4 is 16.4 Å². The predicted molar refractivity (Wildman–Crippen MR) is 86.5 cm³/mol. The Kier molecular flexibility index (Phi) is 5.75. The maximum atomic E-state index is 12.6. The molecule has 0 aromatic carbocycles. The zero-order valence-electron chi connectivity index (χ0n) is 14.2. The second-order valence-electron chi connectivity index (χ2n) is 7.05. The molecular weight excluding hydrogens is 296 g/mol. The molecule has 23 heavy (non-hydrogen) atoms. The first-order valence-electron chi connectivity index (χ1n) is 8.39. The number of Topliss-reactive ketones (excluding diaryl/α,β-unsaturated/α-hetero) is 1. The van der Waals surface area contributed by atoms with Crippen LogP contribution in [0.5, 0.6) is 0 Å². The lowest BCUT2D eigenvalue weighted by Crippen LogP contribution is -2.57. The summed E-state index contributed by atoms with van der Waals surface area (Å²) in [6.07, 6.45) is 3.29. The second-order valence-corrected chi connectivity index (χ2v) is 7.05. The zero-order valence-corrected chi connectivity index (χ0v) is 14.2. The number of carbonyl (C=O) groups is 3. The maximum absolute atomic E-state index is 12.6. The highest BCUT2D eigenvalue weighted by Gasteiger charge is 2.40. The Bertz CT molecular complexity index is 478. The number of amides is 2. The van der Waals surface area contributed by atoms with Crippen LogP contribution in [-0.4, -0.2) is 60.8 Å². The number of likely N-dealkylation sites (N-methyl/N-ethyl adjacent to an activating group) is 1. The minimum atomic E-state index is -1.01. The van der Waals surface area contributed by atoms with Crippen molar-refractivity contribution in [2.24, 2.45) is 17.6 Å². The Morgan fingerprint density at radius 2 is 1.91 bits per heavy atom. The average Bonchev–Trinajstić information content (AvgIpc) is 2.68. The number of ketones is 1. The quantitative estimate of drug-likeness (QED) is 0.535. The van der Waals surface area contributed by atoms with Gasteiger partial charge in [0.25, 0.3) is 5.91 Å². The molecule has 0 aromatic rings. The summed E-state index contributed by atoms with van der Waals surface area (Å²) in [5, 5.41) is 5.96. The smallest absolute Gasteiger partial charge is 0.287 e. The van der Waals surface area contributed by atoms with Gasteiger partial charge in [0.1, 0.15) is 6.04 Å². The number of nitrogens with two attached hydrogens (primary N) is 1. The van der Waals surface area contributed by atoms with Crippen LogP contribution in [0.2, 0.25) is 0 Å². The standard InChI is InChI=1S/C16H28N4O3/c1-9-8-20(3)13(10(9)2)16(23)19-12(14(21)15(17)22)7-18-11-5-4-6-11/h9-13,18H,4-8H2,1-3H3,(H2,17,22)(H,19,23)/t9-,10?,12?,13-/m0/s1. The molecule has 2 aliphatic rings. The average molecular weight is 324 g/mol. The van der Waals surface area contributed by atoms with Crippen LogP contribution in [0.1, 0.15) is 33.1 Å². The molecule has 1 saturated heterocycles. The third kappa shape index (κ3) is 4.09. The Balaban J connectivity index is 1.99. The minimum Gasteiger partial charge on any atom is -0.363 e. The van der Waals surface area contributed by atoms with Crippen molar-refractivity contribution in [2.45, 2.75) is 51.2 Å².